The molecule has 0 saturated carbocycles. The summed E-state index contributed by atoms with van der Waals surface area (Å²) in [5.74, 6) is 2.03. The number of aryl methyl sites for hydroxylation is 4. The Hall–Kier alpha value is -5.44. The number of unbranched alkanes of at least 4 members (excludes halogenated alkanes) is 2. The van der Waals surface area contributed by atoms with Crippen LogP contribution in [0.1, 0.15) is 82.5 Å². The SMILES string of the molecule is CCCCOc1ccc(C(=O)Oc2ccc(-c3nnc(-c4ccc(OC(=O)c5ccc(OCCCC)cc5C)cc4C)o3)c(C)c2)c(C)c1. The molecule has 254 valence electrons. The predicted molar refractivity (Wildman–Crippen MR) is 188 cm³/mol. The fraction of sp³-hybridized carbons (Fsp3) is 0.300. The summed E-state index contributed by atoms with van der Waals surface area (Å²) in [4.78, 5) is 25.9. The average Bonchev–Trinajstić information content (AvgIpc) is 3.55. The minimum atomic E-state index is -0.449. The summed E-state index contributed by atoms with van der Waals surface area (Å²) in [5, 5.41) is 8.54. The molecule has 4 aromatic carbocycles. The molecular weight excluding hydrogens is 620 g/mol. The minimum Gasteiger partial charge on any atom is -0.494 e. The molecule has 5 aromatic rings. The zero-order valence-corrected chi connectivity index (χ0v) is 28.9. The molecule has 9 nitrogen and oxygen atoms in total. The van der Waals surface area contributed by atoms with Gasteiger partial charge < -0.3 is 23.4 Å². The maximum Gasteiger partial charge on any atom is 0.343 e. The summed E-state index contributed by atoms with van der Waals surface area (Å²) in [6, 6.07) is 21.2. The van der Waals surface area contributed by atoms with E-state index in [1.54, 1.807) is 60.7 Å². The lowest BCUT2D eigenvalue weighted by molar-refractivity contribution is 0.0724. The molecule has 0 amide bonds. The van der Waals surface area contributed by atoms with E-state index in [-0.39, 0.29) is 0 Å². The molecule has 0 bridgehead atoms. The van der Waals surface area contributed by atoms with E-state index in [1.165, 1.54) is 0 Å². The summed E-state index contributed by atoms with van der Waals surface area (Å²) < 4.78 is 28.9. The van der Waals surface area contributed by atoms with E-state index in [0.717, 1.165) is 59.4 Å². The van der Waals surface area contributed by atoms with Gasteiger partial charge in [-0.05, 0) is 136 Å². The van der Waals surface area contributed by atoms with Gasteiger partial charge in [-0.1, -0.05) is 26.7 Å². The van der Waals surface area contributed by atoms with E-state index in [4.69, 9.17) is 23.4 Å². The number of aromatic nitrogens is 2. The van der Waals surface area contributed by atoms with Crippen LogP contribution in [0, 0.1) is 27.7 Å². The van der Waals surface area contributed by atoms with E-state index in [0.29, 0.717) is 58.7 Å². The van der Waals surface area contributed by atoms with Gasteiger partial charge in [0.05, 0.1) is 24.3 Å². The smallest absolute Gasteiger partial charge is 0.343 e. The third kappa shape index (κ3) is 8.73. The number of carbonyl (C=O) groups excluding carboxylic acids is 2. The monoisotopic (exact) mass is 662 g/mol. The lowest BCUT2D eigenvalue weighted by Gasteiger charge is -2.11. The topological polar surface area (TPSA) is 110 Å². The quantitative estimate of drug-likeness (QED) is 0.0652. The summed E-state index contributed by atoms with van der Waals surface area (Å²) in [7, 11) is 0. The maximum absolute atomic E-state index is 13.0. The van der Waals surface area contributed by atoms with Crippen molar-refractivity contribution in [2.24, 2.45) is 0 Å². The van der Waals surface area contributed by atoms with Gasteiger partial charge in [0.15, 0.2) is 0 Å². The molecule has 0 unspecified atom stereocenters. The van der Waals surface area contributed by atoms with Crippen LogP contribution in [-0.2, 0) is 0 Å². The second-order valence-corrected chi connectivity index (χ2v) is 12.0. The van der Waals surface area contributed by atoms with Gasteiger partial charge in [-0.25, -0.2) is 9.59 Å². The van der Waals surface area contributed by atoms with Gasteiger partial charge in [0.1, 0.15) is 23.0 Å². The first-order valence-electron chi connectivity index (χ1n) is 16.6. The highest BCUT2D eigenvalue weighted by molar-refractivity contribution is 5.93. The maximum atomic E-state index is 13.0. The molecule has 0 fully saturated rings. The normalized spacial score (nSPS) is 10.9. The number of esters is 2. The number of hydrogen-bond donors (Lipinski definition) is 0. The Kier molecular flexibility index (Phi) is 11.5. The highest BCUT2D eigenvalue weighted by Crippen LogP contribution is 2.32. The summed E-state index contributed by atoms with van der Waals surface area (Å²) in [5.41, 5.74) is 5.52. The van der Waals surface area contributed by atoms with Crippen LogP contribution in [0.15, 0.2) is 77.2 Å². The van der Waals surface area contributed by atoms with Gasteiger partial charge in [-0.3, -0.25) is 0 Å². The lowest BCUT2D eigenvalue weighted by atomic mass is 10.1. The van der Waals surface area contributed by atoms with Gasteiger partial charge in [-0.15, -0.1) is 10.2 Å². The highest BCUT2D eigenvalue weighted by atomic mass is 16.5. The van der Waals surface area contributed by atoms with Crippen LogP contribution in [-0.4, -0.2) is 35.3 Å². The first-order chi connectivity index (χ1) is 23.7. The second kappa shape index (κ2) is 16.1. The van der Waals surface area contributed by atoms with Crippen molar-refractivity contribution in [3.8, 4) is 45.9 Å². The number of benzene rings is 4. The summed E-state index contributed by atoms with van der Waals surface area (Å²) in [6.45, 7) is 13.0. The number of nitrogens with zero attached hydrogens (tertiary/aromatic N) is 2. The van der Waals surface area contributed by atoms with E-state index in [2.05, 4.69) is 24.0 Å². The molecule has 1 heterocycles. The van der Waals surface area contributed by atoms with Crippen molar-refractivity contribution in [1.29, 1.82) is 0 Å². The molecule has 0 spiro atoms. The molecule has 9 heteroatoms. The van der Waals surface area contributed by atoms with Gasteiger partial charge in [0.2, 0.25) is 11.8 Å². The molecule has 0 aliphatic heterocycles. The van der Waals surface area contributed by atoms with E-state index < -0.39 is 11.9 Å². The standard InChI is InChI=1S/C40H42N2O7/c1-7-9-19-45-29-11-17-35(27(5)21-29)39(43)47-31-13-15-33(25(3)23-31)37-41-42-38(49-37)34-16-14-32(24-26(34)4)48-40(44)36-18-12-30(22-28(36)6)46-20-10-8-2/h11-18,21-24H,7-10,19-20H2,1-6H3. The number of ether oxygens (including phenoxy) is 4. The average molecular weight is 663 g/mol. The molecule has 1 aromatic heterocycles. The molecule has 0 atom stereocenters. The van der Waals surface area contributed by atoms with Crippen molar-refractivity contribution >= 4 is 11.9 Å². The van der Waals surface area contributed by atoms with Crippen molar-refractivity contribution in [2.75, 3.05) is 13.2 Å². The first-order valence-corrected chi connectivity index (χ1v) is 16.6. The van der Waals surface area contributed by atoms with Crippen LogP contribution in [0.3, 0.4) is 0 Å². The number of carbonyl (C=O) groups is 2. The Morgan fingerprint density at radius 1 is 0.551 bits per heavy atom. The third-order valence-electron chi connectivity index (χ3n) is 8.07. The zero-order valence-electron chi connectivity index (χ0n) is 28.9. The van der Waals surface area contributed by atoms with E-state index in [9.17, 15) is 9.59 Å². The fourth-order valence-electron chi connectivity index (χ4n) is 5.22. The highest BCUT2D eigenvalue weighted by Gasteiger charge is 2.18. The molecule has 0 N–H and O–H groups in total. The summed E-state index contributed by atoms with van der Waals surface area (Å²) in [6.07, 6.45) is 4.05. The second-order valence-electron chi connectivity index (χ2n) is 12.0. The van der Waals surface area contributed by atoms with Gasteiger partial charge in [0.25, 0.3) is 0 Å². The molecule has 0 aliphatic carbocycles. The van der Waals surface area contributed by atoms with Gasteiger partial charge >= 0.3 is 11.9 Å². The molecule has 0 saturated heterocycles. The van der Waals surface area contributed by atoms with Crippen LogP contribution in [0.25, 0.3) is 22.9 Å². The molecule has 49 heavy (non-hydrogen) atoms. The minimum absolute atomic E-state index is 0.326. The van der Waals surface area contributed by atoms with Crippen LogP contribution in [0.2, 0.25) is 0 Å². The third-order valence-corrected chi connectivity index (χ3v) is 8.07. The Morgan fingerprint density at radius 2 is 0.939 bits per heavy atom. The van der Waals surface area contributed by atoms with Crippen molar-refractivity contribution in [2.45, 2.75) is 67.2 Å². The Bertz CT molecular complexity index is 1810. The number of hydrogen-bond acceptors (Lipinski definition) is 9. The summed E-state index contributed by atoms with van der Waals surface area (Å²) >= 11 is 0. The Balaban J connectivity index is 1.23. The Morgan fingerprint density at radius 3 is 1.31 bits per heavy atom. The van der Waals surface area contributed by atoms with Crippen molar-refractivity contribution in [1.82, 2.24) is 10.2 Å². The van der Waals surface area contributed by atoms with Crippen LogP contribution < -0.4 is 18.9 Å². The van der Waals surface area contributed by atoms with Crippen LogP contribution >= 0.6 is 0 Å². The van der Waals surface area contributed by atoms with E-state index in [1.807, 2.05) is 39.8 Å². The molecule has 5 rings (SSSR count). The first kappa shape index (κ1) is 34.9. The van der Waals surface area contributed by atoms with Crippen molar-refractivity contribution < 1.29 is 33.0 Å². The van der Waals surface area contributed by atoms with Crippen LogP contribution in [0.5, 0.6) is 23.0 Å². The lowest BCUT2D eigenvalue weighted by Crippen LogP contribution is -2.10. The van der Waals surface area contributed by atoms with Gasteiger partial charge in [-0.2, -0.15) is 0 Å². The molecular formula is C40H42N2O7. The largest absolute Gasteiger partial charge is 0.494 e. The van der Waals surface area contributed by atoms with Crippen molar-refractivity contribution in [3.05, 3.63) is 106 Å². The Labute approximate surface area is 287 Å². The number of rotatable bonds is 14. The van der Waals surface area contributed by atoms with E-state index >= 15 is 0 Å². The molecule has 0 aliphatic rings. The zero-order chi connectivity index (χ0) is 34.9. The molecule has 0 radical (unpaired) electrons. The fourth-order valence-corrected chi connectivity index (χ4v) is 5.22. The predicted octanol–water partition coefficient (Wildman–Crippen LogP) is 9.43. The van der Waals surface area contributed by atoms with Crippen LogP contribution in [0.4, 0.5) is 0 Å². The van der Waals surface area contributed by atoms with Gasteiger partial charge in [0, 0.05) is 11.1 Å². The van der Waals surface area contributed by atoms with Crippen molar-refractivity contribution in [3.63, 3.8) is 0 Å².